The van der Waals surface area contributed by atoms with Crippen molar-refractivity contribution in [1.29, 1.82) is 0 Å². The zero-order valence-corrected chi connectivity index (χ0v) is 11.9. The molecule has 108 valence electrons. The maximum atomic E-state index is 12.8. The number of nitrogens with zero attached hydrogens (tertiary/aromatic N) is 2. The Morgan fingerprint density at radius 1 is 1.40 bits per heavy atom. The van der Waals surface area contributed by atoms with Crippen LogP contribution in [0, 0.1) is 5.82 Å². The first-order valence-electron chi connectivity index (χ1n) is 6.11. The van der Waals surface area contributed by atoms with Crippen molar-refractivity contribution >= 4 is 11.8 Å². The van der Waals surface area contributed by atoms with Crippen molar-refractivity contribution < 1.29 is 14.0 Å². The van der Waals surface area contributed by atoms with Gasteiger partial charge in [0.25, 0.3) is 0 Å². The average Bonchev–Trinajstić information content (AvgIpc) is 2.85. The Hall–Kier alpha value is -1.44. The minimum atomic E-state index is -1.05. The highest BCUT2D eigenvalue weighted by Gasteiger charge is 2.22. The molecular weight excluding hydrogens is 281 g/mol. The van der Waals surface area contributed by atoms with E-state index >= 15 is 0 Å². The molecule has 7 heteroatoms. The van der Waals surface area contributed by atoms with Gasteiger partial charge in [0, 0.05) is 11.4 Å². The number of benzene rings is 1. The second-order valence-corrected chi connectivity index (χ2v) is 5.77. The number of nitrogens with two attached hydrogens (primary N) is 1. The van der Waals surface area contributed by atoms with E-state index in [4.69, 9.17) is 10.3 Å². The molecule has 0 bridgehead atoms. The molecule has 0 radical (unpaired) electrons. The van der Waals surface area contributed by atoms with Gasteiger partial charge in [0.05, 0.1) is 17.8 Å². The lowest BCUT2D eigenvalue weighted by Gasteiger charge is -2.17. The zero-order chi connectivity index (χ0) is 14.6. The van der Waals surface area contributed by atoms with Gasteiger partial charge in [-0.15, -0.1) is 11.8 Å². The van der Waals surface area contributed by atoms with Gasteiger partial charge < -0.3 is 15.4 Å². The molecule has 0 aliphatic carbocycles. The van der Waals surface area contributed by atoms with Crippen molar-refractivity contribution in [3.8, 4) is 0 Å². The van der Waals surface area contributed by atoms with Crippen LogP contribution < -0.4 is 5.73 Å². The Kier molecular flexibility index (Phi) is 4.74. The normalized spacial score (nSPS) is 14.2. The maximum Gasteiger partial charge on any atom is 0.229 e. The van der Waals surface area contributed by atoms with E-state index in [1.165, 1.54) is 23.9 Å². The summed E-state index contributed by atoms with van der Waals surface area (Å²) < 4.78 is 17.8. The molecule has 0 saturated heterocycles. The molecular formula is C13H16FN3O2S. The van der Waals surface area contributed by atoms with Crippen LogP contribution in [0.25, 0.3) is 0 Å². The van der Waals surface area contributed by atoms with Crippen molar-refractivity contribution in [3.63, 3.8) is 0 Å². The molecule has 5 nitrogen and oxygen atoms in total. The fraction of sp³-hybridized carbons (Fsp3) is 0.385. The molecule has 1 atom stereocenters. The van der Waals surface area contributed by atoms with Crippen molar-refractivity contribution in [3.05, 3.63) is 41.8 Å². The molecule has 0 aliphatic rings. The number of halogens is 1. The van der Waals surface area contributed by atoms with E-state index in [9.17, 15) is 9.50 Å². The van der Waals surface area contributed by atoms with Gasteiger partial charge in [-0.3, -0.25) is 0 Å². The lowest BCUT2D eigenvalue weighted by Crippen LogP contribution is -2.36. The number of aromatic nitrogens is 2. The summed E-state index contributed by atoms with van der Waals surface area (Å²) in [4.78, 5) is 5.11. The summed E-state index contributed by atoms with van der Waals surface area (Å²) in [6.45, 7) is 1.74. The van der Waals surface area contributed by atoms with Crippen LogP contribution >= 0.6 is 11.8 Å². The van der Waals surface area contributed by atoms with E-state index in [0.29, 0.717) is 17.5 Å². The minimum Gasteiger partial charge on any atom is -0.388 e. The van der Waals surface area contributed by atoms with Gasteiger partial charge in [-0.05, 0) is 31.2 Å². The molecule has 0 saturated carbocycles. The van der Waals surface area contributed by atoms with E-state index in [1.807, 2.05) is 0 Å². The molecule has 1 aromatic carbocycles. The average molecular weight is 297 g/mol. The monoisotopic (exact) mass is 297 g/mol. The first-order chi connectivity index (χ1) is 9.48. The molecule has 0 aliphatic heterocycles. The van der Waals surface area contributed by atoms with Gasteiger partial charge in [-0.25, -0.2) is 4.39 Å². The molecule has 0 fully saturated rings. The Morgan fingerprint density at radius 2 is 2.10 bits per heavy atom. The summed E-state index contributed by atoms with van der Waals surface area (Å²) >= 11 is 1.48. The molecule has 2 rings (SSSR count). The zero-order valence-electron chi connectivity index (χ0n) is 11.0. The highest BCUT2D eigenvalue weighted by atomic mass is 32.2. The van der Waals surface area contributed by atoms with E-state index < -0.39 is 5.60 Å². The first kappa shape index (κ1) is 15.0. The van der Waals surface area contributed by atoms with Gasteiger partial charge >= 0.3 is 0 Å². The fourth-order valence-corrected chi connectivity index (χ4v) is 2.24. The number of rotatable bonds is 6. The second kappa shape index (κ2) is 6.34. The standard InChI is InChI=1S/C13H16FN3O2S/c1-13(18,8-15)6-12-16-11(17-19-12)7-20-10-4-2-9(14)3-5-10/h2-5,18H,6-8,15H2,1H3. The summed E-state index contributed by atoms with van der Waals surface area (Å²) in [7, 11) is 0. The third kappa shape index (κ3) is 4.29. The van der Waals surface area contributed by atoms with Crippen LogP contribution in [0.1, 0.15) is 18.6 Å². The highest BCUT2D eigenvalue weighted by Crippen LogP contribution is 2.22. The highest BCUT2D eigenvalue weighted by molar-refractivity contribution is 7.98. The first-order valence-corrected chi connectivity index (χ1v) is 7.09. The van der Waals surface area contributed by atoms with Crippen molar-refractivity contribution in [2.24, 2.45) is 5.73 Å². The molecule has 0 amide bonds. The Balaban J connectivity index is 1.91. The van der Waals surface area contributed by atoms with Gasteiger partial charge in [-0.2, -0.15) is 4.98 Å². The van der Waals surface area contributed by atoms with Gasteiger partial charge in [0.2, 0.25) is 5.89 Å². The van der Waals surface area contributed by atoms with E-state index in [-0.39, 0.29) is 18.8 Å². The van der Waals surface area contributed by atoms with Crippen molar-refractivity contribution in [2.45, 2.75) is 29.6 Å². The predicted octanol–water partition coefficient (Wildman–Crippen LogP) is 1.75. The van der Waals surface area contributed by atoms with Crippen LogP contribution in [0.2, 0.25) is 0 Å². The fourth-order valence-electron chi connectivity index (χ4n) is 1.50. The SMILES string of the molecule is CC(O)(CN)Cc1nc(CSc2ccc(F)cc2)no1. The van der Waals surface area contributed by atoms with E-state index in [1.54, 1.807) is 19.1 Å². The molecule has 20 heavy (non-hydrogen) atoms. The number of hydrogen-bond acceptors (Lipinski definition) is 6. The van der Waals surface area contributed by atoms with E-state index in [2.05, 4.69) is 10.1 Å². The van der Waals surface area contributed by atoms with Crippen LogP contribution in [0.4, 0.5) is 4.39 Å². The number of hydrogen-bond donors (Lipinski definition) is 2. The summed E-state index contributed by atoms with van der Waals surface area (Å²) in [5, 5.41) is 13.7. The van der Waals surface area contributed by atoms with Crippen molar-refractivity contribution in [2.75, 3.05) is 6.54 Å². The topological polar surface area (TPSA) is 85.2 Å². The quantitative estimate of drug-likeness (QED) is 0.790. The van der Waals surface area contributed by atoms with Gasteiger partial charge in [0.15, 0.2) is 5.82 Å². The Labute approximate surface area is 120 Å². The lowest BCUT2D eigenvalue weighted by atomic mass is 10.0. The van der Waals surface area contributed by atoms with Crippen LogP contribution in [-0.2, 0) is 12.2 Å². The molecule has 2 aromatic rings. The second-order valence-electron chi connectivity index (χ2n) is 4.72. The summed E-state index contributed by atoms with van der Waals surface area (Å²) in [5.74, 6) is 1.14. The molecule has 3 N–H and O–H groups in total. The van der Waals surface area contributed by atoms with Crippen molar-refractivity contribution in [1.82, 2.24) is 10.1 Å². The van der Waals surface area contributed by atoms with Crippen LogP contribution in [-0.4, -0.2) is 27.4 Å². The van der Waals surface area contributed by atoms with Crippen LogP contribution in [0.3, 0.4) is 0 Å². The molecule has 1 unspecified atom stereocenters. The summed E-state index contributed by atoms with van der Waals surface area (Å²) in [6, 6.07) is 6.20. The number of aliphatic hydroxyl groups is 1. The van der Waals surface area contributed by atoms with E-state index in [0.717, 1.165) is 4.90 Å². The van der Waals surface area contributed by atoms with Gasteiger partial charge in [0.1, 0.15) is 5.82 Å². The summed E-state index contributed by atoms with van der Waals surface area (Å²) in [6.07, 6.45) is 0.220. The Bertz CT molecular complexity index is 557. The minimum absolute atomic E-state index is 0.120. The molecule has 1 heterocycles. The summed E-state index contributed by atoms with van der Waals surface area (Å²) in [5.41, 5.74) is 4.39. The molecule has 1 aromatic heterocycles. The predicted molar refractivity (Wildman–Crippen MR) is 73.6 cm³/mol. The number of thioether (sulfide) groups is 1. The van der Waals surface area contributed by atoms with Crippen LogP contribution in [0.5, 0.6) is 0 Å². The molecule has 0 spiro atoms. The largest absolute Gasteiger partial charge is 0.388 e. The maximum absolute atomic E-state index is 12.8. The van der Waals surface area contributed by atoms with Crippen LogP contribution in [0.15, 0.2) is 33.7 Å². The third-order valence-electron chi connectivity index (χ3n) is 2.66. The third-order valence-corrected chi connectivity index (χ3v) is 3.67. The smallest absolute Gasteiger partial charge is 0.229 e. The van der Waals surface area contributed by atoms with Gasteiger partial charge in [-0.1, -0.05) is 5.16 Å². The Morgan fingerprint density at radius 3 is 2.75 bits per heavy atom. The lowest BCUT2D eigenvalue weighted by molar-refractivity contribution is 0.0610.